The molecule has 0 N–H and O–H groups in total. The molecule has 1 aliphatic heterocycles. The number of ketones is 1. The molecular weight excluding hydrogens is 284 g/mol. The monoisotopic (exact) mass is 306 g/mol. The van der Waals surface area contributed by atoms with E-state index in [0.717, 1.165) is 34.4 Å². The molecule has 0 fully saturated rings. The highest BCUT2D eigenvalue weighted by Gasteiger charge is 2.29. The zero-order valence-corrected chi connectivity index (χ0v) is 13.9. The summed E-state index contributed by atoms with van der Waals surface area (Å²) in [5, 5.41) is 0. The molecule has 0 spiro atoms. The molecule has 2 aromatic rings. The normalized spacial score (nSPS) is 16.5. The van der Waals surface area contributed by atoms with E-state index < -0.39 is 0 Å². The molecule has 0 radical (unpaired) electrons. The quantitative estimate of drug-likeness (QED) is 0.728. The van der Waals surface area contributed by atoms with E-state index in [9.17, 15) is 4.79 Å². The van der Waals surface area contributed by atoms with Crippen LogP contribution in [0.15, 0.2) is 54.1 Å². The van der Waals surface area contributed by atoms with Gasteiger partial charge in [-0.3, -0.25) is 4.79 Å². The fourth-order valence-electron chi connectivity index (χ4n) is 2.97. The Bertz CT molecular complexity index is 753. The number of hydrogen-bond donors (Lipinski definition) is 0. The highest BCUT2D eigenvalue weighted by atomic mass is 16.5. The largest absolute Gasteiger partial charge is 0.484 e. The van der Waals surface area contributed by atoms with E-state index in [4.69, 9.17) is 4.74 Å². The van der Waals surface area contributed by atoms with Gasteiger partial charge in [-0.25, -0.2) is 0 Å². The van der Waals surface area contributed by atoms with Crippen molar-refractivity contribution in [3.63, 3.8) is 0 Å². The highest BCUT2D eigenvalue weighted by molar-refractivity contribution is 6.00. The summed E-state index contributed by atoms with van der Waals surface area (Å²) in [6, 6.07) is 14.1. The van der Waals surface area contributed by atoms with Crippen LogP contribution in [0.4, 0.5) is 0 Å². The summed E-state index contributed by atoms with van der Waals surface area (Å²) in [5.74, 6) is 0.915. The van der Waals surface area contributed by atoms with Crippen LogP contribution >= 0.6 is 0 Å². The standard InChI is InChI=1S/C21H22O2/c1-14(2)9-10-16-11-15(3)21-18(12-16)19(22)13-20(23-21)17-7-5-4-6-8-17/h4-9,11-12,20H,10,13H2,1-3H3. The van der Waals surface area contributed by atoms with Crippen molar-refractivity contribution in [3.8, 4) is 5.75 Å². The molecule has 1 heterocycles. The number of rotatable bonds is 3. The number of fused-ring (bicyclic) bond motifs is 1. The van der Waals surface area contributed by atoms with Gasteiger partial charge in [-0.05, 0) is 49.9 Å². The lowest BCUT2D eigenvalue weighted by Crippen LogP contribution is -2.21. The predicted octanol–water partition coefficient (Wildman–Crippen LogP) is 5.21. The number of aryl methyl sites for hydroxylation is 1. The summed E-state index contributed by atoms with van der Waals surface area (Å²) in [6.07, 6.45) is 3.26. The summed E-state index contributed by atoms with van der Waals surface area (Å²) in [5.41, 5.74) is 5.27. The van der Waals surface area contributed by atoms with Gasteiger partial charge in [0.2, 0.25) is 0 Å². The first kappa shape index (κ1) is 15.5. The van der Waals surface area contributed by atoms with E-state index in [1.165, 1.54) is 5.57 Å². The van der Waals surface area contributed by atoms with Crippen LogP contribution in [0.25, 0.3) is 0 Å². The first-order valence-electron chi connectivity index (χ1n) is 8.06. The second-order valence-corrected chi connectivity index (χ2v) is 6.42. The lowest BCUT2D eigenvalue weighted by Gasteiger charge is -2.27. The van der Waals surface area contributed by atoms with Gasteiger partial charge < -0.3 is 4.74 Å². The molecular formula is C21H22O2. The minimum Gasteiger partial charge on any atom is -0.484 e. The van der Waals surface area contributed by atoms with Crippen LogP contribution in [0, 0.1) is 6.92 Å². The number of allylic oxidation sites excluding steroid dienone is 2. The van der Waals surface area contributed by atoms with Crippen molar-refractivity contribution in [1.29, 1.82) is 0 Å². The number of carbonyl (C=O) groups excluding carboxylic acids is 1. The number of benzene rings is 2. The summed E-state index contributed by atoms with van der Waals surface area (Å²) < 4.78 is 6.16. The third-order valence-corrected chi connectivity index (χ3v) is 4.18. The Morgan fingerprint density at radius 3 is 2.65 bits per heavy atom. The van der Waals surface area contributed by atoms with E-state index >= 15 is 0 Å². The van der Waals surface area contributed by atoms with Gasteiger partial charge >= 0.3 is 0 Å². The van der Waals surface area contributed by atoms with Crippen LogP contribution in [0.5, 0.6) is 5.75 Å². The third-order valence-electron chi connectivity index (χ3n) is 4.18. The Labute approximate surface area is 137 Å². The molecule has 1 atom stereocenters. The number of Topliss-reactive ketones (excluding diaryl/α,β-unsaturated/α-hetero) is 1. The van der Waals surface area contributed by atoms with Crippen molar-refractivity contribution in [3.05, 3.63) is 76.4 Å². The molecule has 0 aliphatic carbocycles. The van der Waals surface area contributed by atoms with Crippen LogP contribution in [-0.2, 0) is 6.42 Å². The predicted molar refractivity (Wildman–Crippen MR) is 93.1 cm³/mol. The summed E-state index contributed by atoms with van der Waals surface area (Å²) in [6.45, 7) is 6.19. The molecule has 2 heteroatoms. The highest BCUT2D eigenvalue weighted by Crippen LogP contribution is 2.37. The van der Waals surface area contributed by atoms with Gasteiger partial charge in [0, 0.05) is 0 Å². The maximum atomic E-state index is 12.6. The number of carbonyl (C=O) groups is 1. The zero-order valence-electron chi connectivity index (χ0n) is 13.9. The van der Waals surface area contributed by atoms with Crippen molar-refractivity contribution < 1.29 is 9.53 Å². The molecule has 0 aromatic heterocycles. The van der Waals surface area contributed by atoms with Gasteiger partial charge in [-0.1, -0.05) is 48.0 Å². The molecule has 2 aromatic carbocycles. The van der Waals surface area contributed by atoms with Crippen LogP contribution in [0.1, 0.15) is 53.4 Å². The van der Waals surface area contributed by atoms with Gasteiger partial charge in [0.15, 0.2) is 5.78 Å². The summed E-state index contributed by atoms with van der Waals surface area (Å²) >= 11 is 0. The van der Waals surface area contributed by atoms with Crippen molar-refractivity contribution in [2.45, 2.75) is 39.7 Å². The lowest BCUT2D eigenvalue weighted by atomic mass is 9.92. The van der Waals surface area contributed by atoms with E-state index in [0.29, 0.717) is 6.42 Å². The van der Waals surface area contributed by atoms with Gasteiger partial charge in [-0.2, -0.15) is 0 Å². The van der Waals surface area contributed by atoms with Crippen LogP contribution in [-0.4, -0.2) is 5.78 Å². The Hall–Kier alpha value is -2.35. The van der Waals surface area contributed by atoms with Crippen molar-refractivity contribution in [2.24, 2.45) is 0 Å². The Balaban J connectivity index is 1.93. The van der Waals surface area contributed by atoms with Gasteiger partial charge in [-0.15, -0.1) is 0 Å². The number of ether oxygens (including phenoxy) is 1. The van der Waals surface area contributed by atoms with E-state index in [1.807, 2.05) is 43.3 Å². The first-order chi connectivity index (χ1) is 11.0. The summed E-state index contributed by atoms with van der Waals surface area (Å²) in [4.78, 5) is 12.6. The van der Waals surface area contributed by atoms with Gasteiger partial charge in [0.1, 0.15) is 11.9 Å². The second kappa shape index (κ2) is 6.41. The van der Waals surface area contributed by atoms with Crippen molar-refractivity contribution in [2.75, 3.05) is 0 Å². The van der Waals surface area contributed by atoms with E-state index in [-0.39, 0.29) is 11.9 Å². The Kier molecular flexibility index (Phi) is 4.33. The molecule has 1 aliphatic rings. The maximum absolute atomic E-state index is 12.6. The molecule has 1 unspecified atom stereocenters. The molecule has 3 rings (SSSR count). The Morgan fingerprint density at radius 1 is 1.22 bits per heavy atom. The molecule has 0 saturated heterocycles. The second-order valence-electron chi connectivity index (χ2n) is 6.42. The van der Waals surface area contributed by atoms with Gasteiger partial charge in [0.25, 0.3) is 0 Å². The molecule has 23 heavy (non-hydrogen) atoms. The fourth-order valence-corrected chi connectivity index (χ4v) is 2.97. The SMILES string of the molecule is CC(C)=CCc1cc(C)c2c(c1)C(=O)CC(c1ccccc1)O2. The Morgan fingerprint density at radius 2 is 1.96 bits per heavy atom. The van der Waals surface area contributed by atoms with Crippen LogP contribution < -0.4 is 4.74 Å². The molecule has 118 valence electrons. The average Bonchev–Trinajstić information content (AvgIpc) is 2.54. The van der Waals surface area contributed by atoms with Crippen LogP contribution in [0.3, 0.4) is 0 Å². The molecule has 0 amide bonds. The maximum Gasteiger partial charge on any atom is 0.170 e. The first-order valence-corrected chi connectivity index (χ1v) is 8.06. The van der Waals surface area contributed by atoms with Crippen molar-refractivity contribution >= 4 is 5.78 Å². The number of hydrogen-bond acceptors (Lipinski definition) is 2. The van der Waals surface area contributed by atoms with Crippen molar-refractivity contribution in [1.82, 2.24) is 0 Å². The third kappa shape index (κ3) is 3.37. The minimum atomic E-state index is -0.182. The lowest BCUT2D eigenvalue weighted by molar-refractivity contribution is 0.0848. The smallest absolute Gasteiger partial charge is 0.170 e. The minimum absolute atomic E-state index is 0.169. The molecule has 2 nitrogen and oxygen atoms in total. The topological polar surface area (TPSA) is 26.3 Å². The van der Waals surface area contributed by atoms with Gasteiger partial charge in [0.05, 0.1) is 12.0 Å². The average molecular weight is 306 g/mol. The van der Waals surface area contributed by atoms with E-state index in [2.05, 4.69) is 26.0 Å². The summed E-state index contributed by atoms with van der Waals surface area (Å²) in [7, 11) is 0. The van der Waals surface area contributed by atoms with Crippen LogP contribution in [0.2, 0.25) is 0 Å². The molecule has 0 bridgehead atoms. The molecule has 0 saturated carbocycles. The fraction of sp³-hybridized carbons (Fsp3) is 0.286. The zero-order chi connectivity index (χ0) is 16.4. The van der Waals surface area contributed by atoms with E-state index in [1.54, 1.807) is 0 Å².